The molecule has 1 aromatic rings. The van der Waals surface area contributed by atoms with Crippen LogP contribution in [0, 0.1) is 0 Å². The van der Waals surface area contributed by atoms with E-state index in [0.29, 0.717) is 6.42 Å². The first kappa shape index (κ1) is 11.1. The summed E-state index contributed by atoms with van der Waals surface area (Å²) in [6.45, 7) is 3.55. The van der Waals surface area contributed by atoms with E-state index in [0.717, 1.165) is 23.2 Å². The molecule has 1 aliphatic heterocycles. The number of benzene rings is 1. The third-order valence-electron chi connectivity index (χ3n) is 3.13. The van der Waals surface area contributed by atoms with E-state index in [2.05, 4.69) is 0 Å². The Morgan fingerprint density at radius 3 is 2.62 bits per heavy atom. The van der Waals surface area contributed by atoms with Crippen LogP contribution in [0.4, 0.5) is 5.69 Å². The van der Waals surface area contributed by atoms with Crippen LogP contribution in [0.15, 0.2) is 18.2 Å². The number of hydrogen-bond donors (Lipinski definition) is 1. The van der Waals surface area contributed by atoms with Gasteiger partial charge >= 0.3 is 0 Å². The maximum Gasteiger partial charge on any atom is 0.227 e. The molecule has 1 N–H and O–H groups in total. The third-order valence-corrected chi connectivity index (χ3v) is 3.13. The second kappa shape index (κ2) is 3.59. The Balaban J connectivity index is 2.57. The molecule has 1 aliphatic rings. The summed E-state index contributed by atoms with van der Waals surface area (Å²) in [7, 11) is 1.79. The van der Waals surface area contributed by atoms with Gasteiger partial charge in [-0.3, -0.25) is 4.79 Å². The lowest BCUT2D eigenvalue weighted by Crippen LogP contribution is -2.33. The van der Waals surface area contributed by atoms with Gasteiger partial charge in [0, 0.05) is 19.2 Å². The Kier molecular flexibility index (Phi) is 2.50. The highest BCUT2D eigenvalue weighted by atomic mass is 16.3. The van der Waals surface area contributed by atoms with E-state index in [-0.39, 0.29) is 5.91 Å². The molecule has 0 aliphatic carbocycles. The van der Waals surface area contributed by atoms with E-state index in [4.69, 9.17) is 0 Å². The molecule has 0 saturated heterocycles. The highest BCUT2D eigenvalue weighted by Crippen LogP contribution is 2.34. The lowest BCUT2D eigenvalue weighted by Gasteiger charge is -2.30. The Bertz CT molecular complexity index is 432. The van der Waals surface area contributed by atoms with Crippen LogP contribution in [0.2, 0.25) is 0 Å². The fourth-order valence-electron chi connectivity index (χ4n) is 2.26. The van der Waals surface area contributed by atoms with E-state index in [1.807, 2.05) is 18.2 Å². The molecule has 1 aromatic carbocycles. The molecule has 16 heavy (non-hydrogen) atoms. The molecule has 2 rings (SSSR count). The van der Waals surface area contributed by atoms with Crippen LogP contribution in [0.3, 0.4) is 0 Å². The maximum absolute atomic E-state index is 11.6. The number of carbonyl (C=O) groups is 1. The Hall–Kier alpha value is -1.35. The highest BCUT2D eigenvalue weighted by molar-refractivity contribution is 5.96. The van der Waals surface area contributed by atoms with Crippen LogP contribution >= 0.6 is 0 Å². The van der Waals surface area contributed by atoms with Crippen molar-refractivity contribution >= 4 is 11.6 Å². The van der Waals surface area contributed by atoms with Crippen molar-refractivity contribution in [2.45, 2.75) is 32.3 Å². The van der Waals surface area contributed by atoms with E-state index in [1.54, 1.807) is 25.8 Å². The van der Waals surface area contributed by atoms with Gasteiger partial charge in [-0.25, -0.2) is 0 Å². The molecule has 0 radical (unpaired) electrons. The van der Waals surface area contributed by atoms with E-state index in [1.165, 1.54) is 0 Å². The predicted molar refractivity (Wildman–Crippen MR) is 63.4 cm³/mol. The SMILES string of the molecule is CN1C(=O)CCc2c1cccc2C(C)(C)O. The molecule has 1 heterocycles. The lowest BCUT2D eigenvalue weighted by molar-refractivity contribution is -0.118. The van der Waals surface area contributed by atoms with Crippen LogP contribution < -0.4 is 4.90 Å². The number of rotatable bonds is 1. The van der Waals surface area contributed by atoms with Crippen molar-refractivity contribution in [2.75, 3.05) is 11.9 Å². The molecular formula is C13H17NO2. The normalized spacial score (nSPS) is 16.2. The first-order valence-electron chi connectivity index (χ1n) is 5.52. The number of carbonyl (C=O) groups excluding carboxylic acids is 1. The summed E-state index contributed by atoms with van der Waals surface area (Å²) in [5.41, 5.74) is 2.09. The summed E-state index contributed by atoms with van der Waals surface area (Å²) in [5.74, 6) is 0.139. The van der Waals surface area contributed by atoms with Crippen LogP contribution in [-0.4, -0.2) is 18.1 Å². The minimum Gasteiger partial charge on any atom is -0.386 e. The van der Waals surface area contributed by atoms with Crippen molar-refractivity contribution in [3.05, 3.63) is 29.3 Å². The molecule has 0 aromatic heterocycles. The minimum absolute atomic E-state index is 0.139. The second-order valence-electron chi connectivity index (χ2n) is 4.82. The number of hydrogen-bond acceptors (Lipinski definition) is 2. The Morgan fingerprint density at radius 1 is 1.31 bits per heavy atom. The summed E-state index contributed by atoms with van der Waals surface area (Å²) < 4.78 is 0. The monoisotopic (exact) mass is 219 g/mol. The second-order valence-corrected chi connectivity index (χ2v) is 4.82. The zero-order chi connectivity index (χ0) is 11.9. The topological polar surface area (TPSA) is 40.5 Å². The van der Waals surface area contributed by atoms with Crippen LogP contribution in [-0.2, 0) is 16.8 Å². The number of anilines is 1. The Labute approximate surface area is 95.7 Å². The smallest absolute Gasteiger partial charge is 0.227 e. The summed E-state index contributed by atoms with van der Waals surface area (Å²) in [6.07, 6.45) is 1.25. The fraction of sp³-hybridized carbons (Fsp3) is 0.462. The van der Waals surface area contributed by atoms with Gasteiger partial charge in [-0.05, 0) is 37.5 Å². The van der Waals surface area contributed by atoms with Crippen molar-refractivity contribution in [1.82, 2.24) is 0 Å². The van der Waals surface area contributed by atoms with Gasteiger partial charge in [-0.15, -0.1) is 0 Å². The maximum atomic E-state index is 11.6. The Morgan fingerprint density at radius 2 is 2.00 bits per heavy atom. The average Bonchev–Trinajstić information content (AvgIpc) is 2.21. The molecule has 3 heteroatoms. The van der Waals surface area contributed by atoms with Gasteiger partial charge in [0.2, 0.25) is 5.91 Å². The molecule has 0 fully saturated rings. The van der Waals surface area contributed by atoms with Crippen molar-refractivity contribution in [3.8, 4) is 0 Å². The van der Waals surface area contributed by atoms with Crippen LogP contribution in [0.1, 0.15) is 31.4 Å². The zero-order valence-electron chi connectivity index (χ0n) is 9.95. The highest BCUT2D eigenvalue weighted by Gasteiger charge is 2.27. The molecule has 0 spiro atoms. The van der Waals surface area contributed by atoms with Crippen LogP contribution in [0.25, 0.3) is 0 Å². The summed E-state index contributed by atoms with van der Waals surface area (Å²) in [4.78, 5) is 13.3. The van der Waals surface area contributed by atoms with E-state index in [9.17, 15) is 9.90 Å². The summed E-state index contributed by atoms with van der Waals surface area (Å²) >= 11 is 0. The summed E-state index contributed by atoms with van der Waals surface area (Å²) in [5, 5.41) is 10.1. The lowest BCUT2D eigenvalue weighted by atomic mass is 9.88. The van der Waals surface area contributed by atoms with Crippen molar-refractivity contribution < 1.29 is 9.90 Å². The van der Waals surface area contributed by atoms with Gasteiger partial charge in [0.25, 0.3) is 0 Å². The van der Waals surface area contributed by atoms with Gasteiger partial charge in [0.05, 0.1) is 5.60 Å². The molecule has 0 unspecified atom stereocenters. The first-order chi connectivity index (χ1) is 7.41. The van der Waals surface area contributed by atoms with Gasteiger partial charge in [0.1, 0.15) is 0 Å². The molecule has 86 valence electrons. The molecular weight excluding hydrogens is 202 g/mol. The fourth-order valence-corrected chi connectivity index (χ4v) is 2.26. The zero-order valence-corrected chi connectivity index (χ0v) is 9.95. The molecule has 0 saturated carbocycles. The molecule has 1 amide bonds. The molecule has 0 bridgehead atoms. The first-order valence-corrected chi connectivity index (χ1v) is 5.52. The number of fused-ring (bicyclic) bond motifs is 1. The van der Waals surface area contributed by atoms with Gasteiger partial charge in [0.15, 0.2) is 0 Å². The molecule has 0 atom stereocenters. The van der Waals surface area contributed by atoms with Gasteiger partial charge < -0.3 is 10.0 Å². The van der Waals surface area contributed by atoms with Gasteiger partial charge in [-0.1, -0.05) is 12.1 Å². The van der Waals surface area contributed by atoms with Gasteiger partial charge in [-0.2, -0.15) is 0 Å². The van der Waals surface area contributed by atoms with Crippen molar-refractivity contribution in [2.24, 2.45) is 0 Å². The minimum atomic E-state index is -0.855. The largest absolute Gasteiger partial charge is 0.386 e. The predicted octanol–water partition coefficient (Wildman–Crippen LogP) is 1.82. The van der Waals surface area contributed by atoms with E-state index < -0.39 is 5.60 Å². The van der Waals surface area contributed by atoms with Crippen molar-refractivity contribution in [1.29, 1.82) is 0 Å². The van der Waals surface area contributed by atoms with E-state index >= 15 is 0 Å². The quantitative estimate of drug-likeness (QED) is 0.782. The standard InChI is InChI=1S/C13H17NO2/c1-13(2,16)10-5-4-6-11-9(10)7-8-12(15)14(11)3/h4-6,16H,7-8H2,1-3H3. The molecule has 3 nitrogen and oxygen atoms in total. The number of amides is 1. The third kappa shape index (κ3) is 1.71. The van der Waals surface area contributed by atoms with Crippen LogP contribution in [0.5, 0.6) is 0 Å². The average molecular weight is 219 g/mol. The number of nitrogens with zero attached hydrogens (tertiary/aromatic N) is 1. The van der Waals surface area contributed by atoms with Crippen molar-refractivity contribution in [3.63, 3.8) is 0 Å². The number of aliphatic hydroxyl groups is 1. The summed E-state index contributed by atoms with van der Waals surface area (Å²) in [6, 6.07) is 5.76.